The Balaban J connectivity index is 2.30. The summed E-state index contributed by atoms with van der Waals surface area (Å²) in [5, 5.41) is 0.748. The molecule has 0 saturated carbocycles. The van der Waals surface area contributed by atoms with Crippen molar-refractivity contribution in [2.24, 2.45) is 0 Å². The summed E-state index contributed by atoms with van der Waals surface area (Å²) in [6, 6.07) is 11.2. The molecule has 0 radical (unpaired) electrons. The van der Waals surface area contributed by atoms with Crippen LogP contribution in [0.25, 0.3) is 0 Å². The lowest BCUT2D eigenvalue weighted by atomic mass is 10.0. The van der Waals surface area contributed by atoms with E-state index in [1.807, 2.05) is 25.1 Å². The molecule has 2 aromatic carbocycles. The zero-order chi connectivity index (χ0) is 13.1. The Hall–Kier alpha value is -1.34. The first-order valence-corrected chi connectivity index (χ1v) is 6.49. The smallest absolute Gasteiger partial charge is 0.123 e. The summed E-state index contributed by atoms with van der Waals surface area (Å²) in [4.78, 5) is 0. The fourth-order valence-electron chi connectivity index (χ4n) is 2.17. The monoisotopic (exact) mass is 262 g/mol. The van der Waals surface area contributed by atoms with Gasteiger partial charge in [0.25, 0.3) is 0 Å². The number of hydrogen-bond acceptors (Lipinski definition) is 0. The first-order valence-electron chi connectivity index (χ1n) is 6.11. The number of aryl methyl sites for hydroxylation is 2. The minimum absolute atomic E-state index is 0.178. The van der Waals surface area contributed by atoms with Crippen molar-refractivity contribution in [3.05, 3.63) is 69.5 Å². The highest BCUT2D eigenvalue weighted by atomic mass is 35.5. The molecule has 0 aliphatic heterocycles. The van der Waals surface area contributed by atoms with Crippen LogP contribution in [0.1, 0.15) is 29.2 Å². The summed E-state index contributed by atoms with van der Waals surface area (Å²) >= 11 is 6.08. The molecule has 0 saturated heterocycles. The third-order valence-corrected chi connectivity index (χ3v) is 3.15. The van der Waals surface area contributed by atoms with Crippen molar-refractivity contribution in [2.75, 3.05) is 0 Å². The summed E-state index contributed by atoms with van der Waals surface area (Å²) in [6.45, 7) is 4.00. The van der Waals surface area contributed by atoms with Crippen molar-refractivity contribution >= 4 is 11.6 Å². The maximum Gasteiger partial charge on any atom is 0.123 e. The first-order chi connectivity index (χ1) is 8.56. The Labute approximate surface area is 112 Å². The molecule has 0 aliphatic rings. The van der Waals surface area contributed by atoms with Gasteiger partial charge in [-0.3, -0.25) is 0 Å². The molecule has 0 spiro atoms. The Morgan fingerprint density at radius 1 is 0.944 bits per heavy atom. The van der Waals surface area contributed by atoms with Crippen LogP contribution < -0.4 is 0 Å². The molecule has 18 heavy (non-hydrogen) atoms. The van der Waals surface area contributed by atoms with Crippen LogP contribution in [0.2, 0.25) is 5.02 Å². The summed E-state index contributed by atoms with van der Waals surface area (Å²) in [6.07, 6.45) is 1.67. The third-order valence-electron chi connectivity index (χ3n) is 2.94. The van der Waals surface area contributed by atoms with Gasteiger partial charge < -0.3 is 0 Å². The maximum atomic E-state index is 13.3. The third kappa shape index (κ3) is 3.33. The number of rotatable bonds is 3. The van der Waals surface area contributed by atoms with Gasteiger partial charge in [-0.15, -0.1) is 0 Å². The summed E-state index contributed by atoms with van der Waals surface area (Å²) in [7, 11) is 0. The molecule has 94 valence electrons. The van der Waals surface area contributed by atoms with Gasteiger partial charge in [0.1, 0.15) is 5.82 Å². The van der Waals surface area contributed by atoms with Gasteiger partial charge in [0.05, 0.1) is 0 Å². The standard InChI is InChI=1S/C16H16ClF/c1-3-12-6-14(9-15(17)8-12)7-13-4-11(2)5-16(18)10-13/h4-6,8-10H,3,7H2,1-2H3. The molecule has 0 amide bonds. The Kier molecular flexibility index (Phi) is 4.03. The molecule has 2 rings (SSSR count). The maximum absolute atomic E-state index is 13.3. The molecule has 0 bridgehead atoms. The molecule has 2 aromatic rings. The van der Waals surface area contributed by atoms with Crippen molar-refractivity contribution in [1.82, 2.24) is 0 Å². The quantitative estimate of drug-likeness (QED) is 0.735. The second-order valence-corrected chi connectivity index (χ2v) is 5.07. The molecule has 0 N–H and O–H groups in total. The van der Waals surface area contributed by atoms with E-state index in [4.69, 9.17) is 11.6 Å². The van der Waals surface area contributed by atoms with Gasteiger partial charge in [-0.1, -0.05) is 30.7 Å². The lowest BCUT2D eigenvalue weighted by molar-refractivity contribution is 0.624. The molecule has 0 heterocycles. The summed E-state index contributed by atoms with van der Waals surface area (Å²) in [5.74, 6) is -0.178. The minimum atomic E-state index is -0.178. The predicted octanol–water partition coefficient (Wildman–Crippen LogP) is 4.94. The summed E-state index contributed by atoms with van der Waals surface area (Å²) < 4.78 is 13.3. The second kappa shape index (κ2) is 5.53. The van der Waals surface area contributed by atoms with Crippen molar-refractivity contribution in [3.8, 4) is 0 Å². The molecule has 0 unspecified atom stereocenters. The predicted molar refractivity (Wildman–Crippen MR) is 74.8 cm³/mol. The van der Waals surface area contributed by atoms with E-state index in [0.29, 0.717) is 6.42 Å². The van der Waals surface area contributed by atoms with Gasteiger partial charge in [-0.25, -0.2) is 4.39 Å². The Morgan fingerprint density at radius 2 is 1.61 bits per heavy atom. The first kappa shape index (κ1) is 13.1. The topological polar surface area (TPSA) is 0 Å². The van der Waals surface area contributed by atoms with E-state index in [1.54, 1.807) is 12.1 Å². The van der Waals surface area contributed by atoms with E-state index in [0.717, 1.165) is 28.1 Å². The molecule has 0 nitrogen and oxygen atoms in total. The Bertz CT molecular complexity index is 541. The van der Waals surface area contributed by atoms with Crippen LogP contribution in [0.3, 0.4) is 0 Å². The van der Waals surface area contributed by atoms with Crippen LogP contribution in [0.4, 0.5) is 4.39 Å². The van der Waals surface area contributed by atoms with Gasteiger partial charge in [0.2, 0.25) is 0 Å². The lowest BCUT2D eigenvalue weighted by Crippen LogP contribution is -1.93. The van der Waals surface area contributed by atoms with Crippen molar-refractivity contribution < 1.29 is 4.39 Å². The van der Waals surface area contributed by atoms with E-state index in [2.05, 4.69) is 13.0 Å². The fourth-order valence-corrected chi connectivity index (χ4v) is 2.45. The van der Waals surface area contributed by atoms with Gasteiger partial charge in [0.15, 0.2) is 0 Å². The fraction of sp³-hybridized carbons (Fsp3) is 0.250. The van der Waals surface area contributed by atoms with Crippen molar-refractivity contribution in [3.63, 3.8) is 0 Å². The van der Waals surface area contributed by atoms with Crippen LogP contribution in [0.15, 0.2) is 36.4 Å². The van der Waals surface area contributed by atoms with Crippen molar-refractivity contribution in [1.29, 1.82) is 0 Å². The van der Waals surface area contributed by atoms with E-state index in [1.165, 1.54) is 5.56 Å². The molecule has 0 aromatic heterocycles. The largest absolute Gasteiger partial charge is 0.207 e. The molecule has 0 atom stereocenters. The normalized spacial score (nSPS) is 10.7. The zero-order valence-electron chi connectivity index (χ0n) is 10.6. The van der Waals surface area contributed by atoms with E-state index in [-0.39, 0.29) is 5.82 Å². The summed E-state index contributed by atoms with van der Waals surface area (Å²) in [5.41, 5.74) is 4.27. The second-order valence-electron chi connectivity index (χ2n) is 4.63. The van der Waals surface area contributed by atoms with E-state index < -0.39 is 0 Å². The number of benzene rings is 2. The van der Waals surface area contributed by atoms with Crippen LogP contribution >= 0.6 is 11.6 Å². The SMILES string of the molecule is CCc1cc(Cl)cc(Cc2cc(C)cc(F)c2)c1. The van der Waals surface area contributed by atoms with E-state index >= 15 is 0 Å². The van der Waals surface area contributed by atoms with Gasteiger partial charge in [-0.2, -0.15) is 0 Å². The molecular formula is C16H16ClF. The average molecular weight is 263 g/mol. The highest BCUT2D eigenvalue weighted by Gasteiger charge is 2.03. The van der Waals surface area contributed by atoms with Crippen LogP contribution in [-0.4, -0.2) is 0 Å². The zero-order valence-corrected chi connectivity index (χ0v) is 11.4. The van der Waals surface area contributed by atoms with Crippen LogP contribution in [-0.2, 0) is 12.8 Å². The van der Waals surface area contributed by atoms with E-state index in [9.17, 15) is 4.39 Å². The lowest BCUT2D eigenvalue weighted by Gasteiger charge is -2.07. The molecule has 0 aliphatic carbocycles. The van der Waals surface area contributed by atoms with Crippen LogP contribution in [0, 0.1) is 12.7 Å². The van der Waals surface area contributed by atoms with Crippen LogP contribution in [0.5, 0.6) is 0 Å². The van der Waals surface area contributed by atoms with Gasteiger partial charge in [-0.05, 0) is 66.3 Å². The highest BCUT2D eigenvalue weighted by molar-refractivity contribution is 6.30. The Morgan fingerprint density at radius 3 is 2.28 bits per heavy atom. The molecule has 0 fully saturated rings. The van der Waals surface area contributed by atoms with Gasteiger partial charge >= 0.3 is 0 Å². The van der Waals surface area contributed by atoms with Crippen molar-refractivity contribution in [2.45, 2.75) is 26.7 Å². The average Bonchev–Trinajstić information content (AvgIpc) is 2.26. The molecule has 2 heteroatoms. The minimum Gasteiger partial charge on any atom is -0.207 e. The van der Waals surface area contributed by atoms with Gasteiger partial charge in [0, 0.05) is 5.02 Å². The highest BCUT2D eigenvalue weighted by Crippen LogP contribution is 2.19. The molecular weight excluding hydrogens is 247 g/mol. The number of hydrogen-bond donors (Lipinski definition) is 0. The number of halogens is 2.